The monoisotopic (exact) mass is 327 g/mol. The molecule has 2 rings (SSSR count). The summed E-state index contributed by atoms with van der Waals surface area (Å²) >= 11 is 5.78. The predicted octanol–water partition coefficient (Wildman–Crippen LogP) is 3.10. The minimum atomic E-state index is -1.15. The van der Waals surface area contributed by atoms with Gasteiger partial charge in [-0.1, -0.05) is 19.6 Å². The second-order valence-corrected chi connectivity index (χ2v) is 12.0. The molecule has 0 radical (unpaired) electrons. The van der Waals surface area contributed by atoms with Crippen LogP contribution in [-0.2, 0) is 11.5 Å². The van der Waals surface area contributed by atoms with E-state index in [-0.39, 0.29) is 17.6 Å². The molecular weight excluding hydrogens is 310 g/mol. The van der Waals surface area contributed by atoms with Gasteiger partial charge in [0, 0.05) is 27.1 Å². The van der Waals surface area contributed by atoms with E-state index in [9.17, 15) is 9.90 Å². The van der Waals surface area contributed by atoms with Gasteiger partial charge in [0.1, 0.15) is 12.4 Å². The molecule has 2 aromatic rings. The summed E-state index contributed by atoms with van der Waals surface area (Å²) in [6.45, 7) is 7.73. The maximum Gasteiger partial charge on any atom is 0.337 e. The molecule has 2 heterocycles. The molecule has 0 amide bonds. The third kappa shape index (κ3) is 4.02. The van der Waals surface area contributed by atoms with E-state index in [4.69, 9.17) is 16.3 Å². The highest BCUT2D eigenvalue weighted by molar-refractivity contribution is 6.76. The van der Waals surface area contributed by atoms with Crippen LogP contribution in [0.5, 0.6) is 0 Å². The largest absolute Gasteiger partial charge is 0.478 e. The summed E-state index contributed by atoms with van der Waals surface area (Å²) < 4.78 is 7.29. The molecule has 0 atom stereocenters. The molecule has 0 saturated heterocycles. The van der Waals surface area contributed by atoms with Crippen molar-refractivity contribution >= 4 is 36.7 Å². The molecular formula is C13H18ClN3O3Si. The first-order chi connectivity index (χ1) is 9.78. The molecule has 0 spiro atoms. The quantitative estimate of drug-likeness (QED) is 0.501. The summed E-state index contributed by atoms with van der Waals surface area (Å²) in [7, 11) is -1.15. The summed E-state index contributed by atoms with van der Waals surface area (Å²) in [4.78, 5) is 19.2. The second kappa shape index (κ2) is 6.13. The Labute approximate surface area is 128 Å². The zero-order valence-corrected chi connectivity index (χ0v) is 14.0. The number of carboxylic acid groups (broad SMARTS) is 1. The van der Waals surface area contributed by atoms with Crippen molar-refractivity contribution in [1.82, 2.24) is 14.5 Å². The van der Waals surface area contributed by atoms with Crippen LogP contribution in [0.1, 0.15) is 10.4 Å². The van der Waals surface area contributed by atoms with Crippen molar-refractivity contribution in [3.8, 4) is 0 Å². The minimum Gasteiger partial charge on any atom is -0.478 e. The van der Waals surface area contributed by atoms with Crippen LogP contribution in [0.3, 0.4) is 0 Å². The molecule has 0 aromatic carbocycles. The topological polar surface area (TPSA) is 77.2 Å². The summed E-state index contributed by atoms with van der Waals surface area (Å²) in [5.41, 5.74) is 0.621. The number of carboxylic acids is 1. The zero-order valence-electron chi connectivity index (χ0n) is 12.3. The van der Waals surface area contributed by atoms with Crippen LogP contribution in [-0.4, -0.2) is 40.3 Å². The van der Waals surface area contributed by atoms with E-state index in [1.165, 1.54) is 12.4 Å². The summed E-state index contributed by atoms with van der Waals surface area (Å²) in [6, 6.07) is 1.05. The SMILES string of the molecule is C[Si](C)(C)CCOCn1cc(C(=O)O)c2cnc(Cl)nc21. The minimum absolute atomic E-state index is 0.0842. The van der Waals surface area contributed by atoms with Gasteiger partial charge < -0.3 is 14.4 Å². The van der Waals surface area contributed by atoms with Crippen molar-refractivity contribution < 1.29 is 14.6 Å². The van der Waals surface area contributed by atoms with E-state index in [0.29, 0.717) is 17.6 Å². The summed E-state index contributed by atoms with van der Waals surface area (Å²) in [5, 5.41) is 9.75. The number of nitrogens with zero attached hydrogens (tertiary/aromatic N) is 3. The highest BCUT2D eigenvalue weighted by Crippen LogP contribution is 2.20. The first kappa shape index (κ1) is 15.9. The number of hydrogen-bond acceptors (Lipinski definition) is 4. The smallest absolute Gasteiger partial charge is 0.337 e. The van der Waals surface area contributed by atoms with Gasteiger partial charge in [-0.2, -0.15) is 4.98 Å². The Balaban J connectivity index is 2.19. The lowest BCUT2D eigenvalue weighted by Crippen LogP contribution is -2.22. The van der Waals surface area contributed by atoms with Crippen molar-refractivity contribution in [3.63, 3.8) is 0 Å². The fraction of sp³-hybridized carbons (Fsp3) is 0.462. The third-order valence-corrected chi connectivity index (χ3v) is 4.93. The Hall–Kier alpha value is -1.44. The lowest BCUT2D eigenvalue weighted by atomic mass is 10.2. The van der Waals surface area contributed by atoms with E-state index >= 15 is 0 Å². The fourth-order valence-electron chi connectivity index (χ4n) is 1.86. The normalized spacial score (nSPS) is 12.0. The van der Waals surface area contributed by atoms with Crippen molar-refractivity contribution in [3.05, 3.63) is 23.2 Å². The van der Waals surface area contributed by atoms with Crippen LogP contribution in [0, 0.1) is 0 Å². The highest BCUT2D eigenvalue weighted by Gasteiger charge is 2.17. The van der Waals surface area contributed by atoms with E-state index in [1.54, 1.807) is 4.57 Å². The van der Waals surface area contributed by atoms with E-state index in [0.717, 1.165) is 6.04 Å². The molecule has 0 aliphatic heterocycles. The van der Waals surface area contributed by atoms with Gasteiger partial charge in [-0.15, -0.1) is 0 Å². The number of ether oxygens (including phenoxy) is 1. The van der Waals surface area contributed by atoms with Gasteiger partial charge in [-0.25, -0.2) is 9.78 Å². The molecule has 1 N–H and O–H groups in total. The Morgan fingerprint density at radius 3 is 2.81 bits per heavy atom. The highest BCUT2D eigenvalue weighted by atomic mass is 35.5. The number of aromatic carboxylic acids is 1. The number of fused-ring (bicyclic) bond motifs is 1. The molecule has 0 fully saturated rings. The van der Waals surface area contributed by atoms with Crippen molar-refractivity contribution in [1.29, 1.82) is 0 Å². The lowest BCUT2D eigenvalue weighted by molar-refractivity contribution is 0.0696. The number of rotatable bonds is 6. The van der Waals surface area contributed by atoms with Crippen LogP contribution < -0.4 is 0 Å². The maximum atomic E-state index is 11.2. The molecule has 2 aromatic heterocycles. The Bertz CT molecular complexity index is 666. The molecule has 6 nitrogen and oxygen atoms in total. The molecule has 0 aliphatic carbocycles. The van der Waals surface area contributed by atoms with Crippen LogP contribution >= 0.6 is 11.6 Å². The van der Waals surface area contributed by atoms with E-state index < -0.39 is 14.0 Å². The van der Waals surface area contributed by atoms with Gasteiger partial charge in [0.15, 0.2) is 0 Å². The van der Waals surface area contributed by atoms with Gasteiger partial charge in [0.2, 0.25) is 5.28 Å². The summed E-state index contributed by atoms with van der Waals surface area (Å²) in [5.74, 6) is -1.02. The van der Waals surface area contributed by atoms with Crippen LogP contribution in [0.2, 0.25) is 31.0 Å². The average Bonchev–Trinajstić information content (AvgIpc) is 2.72. The number of carbonyl (C=O) groups is 1. The van der Waals surface area contributed by atoms with Gasteiger partial charge in [0.05, 0.1) is 10.9 Å². The maximum absolute atomic E-state index is 11.2. The Kier molecular flexibility index (Phi) is 4.65. The number of aromatic nitrogens is 3. The molecule has 0 unspecified atom stereocenters. The van der Waals surface area contributed by atoms with E-state index in [2.05, 4.69) is 29.6 Å². The van der Waals surface area contributed by atoms with Gasteiger partial charge in [-0.05, 0) is 17.6 Å². The molecule has 8 heteroatoms. The lowest BCUT2D eigenvalue weighted by Gasteiger charge is -2.15. The van der Waals surface area contributed by atoms with Crippen LogP contribution in [0.4, 0.5) is 0 Å². The van der Waals surface area contributed by atoms with Crippen molar-refractivity contribution in [2.75, 3.05) is 6.61 Å². The van der Waals surface area contributed by atoms with Crippen LogP contribution in [0.25, 0.3) is 11.0 Å². The first-order valence-electron chi connectivity index (χ1n) is 6.60. The van der Waals surface area contributed by atoms with Gasteiger partial charge in [0.25, 0.3) is 0 Å². The fourth-order valence-corrected chi connectivity index (χ4v) is 2.74. The average molecular weight is 328 g/mol. The Morgan fingerprint density at radius 2 is 2.19 bits per heavy atom. The van der Waals surface area contributed by atoms with Crippen LogP contribution in [0.15, 0.2) is 12.4 Å². The molecule has 0 bridgehead atoms. The van der Waals surface area contributed by atoms with E-state index in [1.807, 2.05) is 0 Å². The van der Waals surface area contributed by atoms with Crippen molar-refractivity contribution in [2.24, 2.45) is 0 Å². The third-order valence-electron chi connectivity index (χ3n) is 3.04. The van der Waals surface area contributed by atoms with Gasteiger partial charge >= 0.3 is 5.97 Å². The first-order valence-corrected chi connectivity index (χ1v) is 10.7. The summed E-state index contributed by atoms with van der Waals surface area (Å²) in [6.07, 6.45) is 2.93. The molecule has 114 valence electrons. The molecule has 0 aliphatic rings. The van der Waals surface area contributed by atoms with Gasteiger partial charge in [-0.3, -0.25) is 0 Å². The standard InChI is InChI=1S/C13H18ClN3O3Si/c1-21(2,3)5-4-20-8-17-7-10(12(18)19)9-6-15-13(14)16-11(9)17/h6-7H,4-5,8H2,1-3H3,(H,18,19). The second-order valence-electron chi connectivity index (χ2n) is 6.04. The Morgan fingerprint density at radius 1 is 1.48 bits per heavy atom. The molecule has 21 heavy (non-hydrogen) atoms. The van der Waals surface area contributed by atoms with Crippen molar-refractivity contribution in [2.45, 2.75) is 32.4 Å². The number of hydrogen-bond donors (Lipinski definition) is 1. The molecule has 0 saturated carbocycles. The zero-order chi connectivity index (χ0) is 15.6. The number of halogens is 1. The predicted molar refractivity (Wildman–Crippen MR) is 83.6 cm³/mol.